The summed E-state index contributed by atoms with van der Waals surface area (Å²) in [5.74, 6) is 0. The minimum Gasteiger partial charge on any atom is -0.368 e. The van der Waals surface area contributed by atoms with Crippen LogP contribution in [0.4, 0.5) is 5.69 Å². The molecule has 2 saturated heterocycles. The number of hydroxylamine groups is 1. The number of rotatable bonds is 6. The highest BCUT2D eigenvalue weighted by molar-refractivity contribution is 7.98. The maximum Gasteiger partial charge on any atom is 0.0505 e. The Hall–Kier alpha value is -0.790. The summed E-state index contributed by atoms with van der Waals surface area (Å²) in [4.78, 5) is 6.32. The topological polar surface area (TPSA) is 50.8 Å². The van der Waals surface area contributed by atoms with Crippen molar-refractivity contribution in [3.05, 3.63) is 24.3 Å². The maximum absolute atomic E-state index is 8.33. The maximum atomic E-state index is 8.33. The largest absolute Gasteiger partial charge is 0.368 e. The number of piperidine rings is 1. The van der Waals surface area contributed by atoms with Crippen molar-refractivity contribution >= 4 is 17.4 Å². The molecule has 1 aromatic carbocycles. The Labute approximate surface area is 157 Å². The lowest BCUT2D eigenvalue weighted by atomic mass is 10.1. The quantitative estimate of drug-likeness (QED) is 0.409. The van der Waals surface area contributed by atoms with Crippen LogP contribution in [-0.2, 0) is 0 Å². The number of likely N-dealkylation sites (tertiary alicyclic amines) is 1. The van der Waals surface area contributed by atoms with Crippen molar-refractivity contribution in [2.24, 2.45) is 0 Å². The third-order valence-electron chi connectivity index (χ3n) is 4.75. The fraction of sp³-hybridized carbons (Fsp3) is 0.684. The van der Waals surface area contributed by atoms with Crippen molar-refractivity contribution in [3.63, 3.8) is 0 Å². The first kappa shape index (κ1) is 20.5. The van der Waals surface area contributed by atoms with Crippen LogP contribution in [0, 0.1) is 0 Å². The molecule has 2 fully saturated rings. The number of anilines is 1. The van der Waals surface area contributed by atoms with Crippen LogP contribution in [0.25, 0.3) is 0 Å². The van der Waals surface area contributed by atoms with Gasteiger partial charge in [-0.25, -0.2) is 5.48 Å². The normalized spacial score (nSPS) is 18.6. The molecule has 0 amide bonds. The van der Waals surface area contributed by atoms with Crippen LogP contribution in [0.15, 0.2) is 29.2 Å². The van der Waals surface area contributed by atoms with Gasteiger partial charge in [0.2, 0.25) is 0 Å². The first-order chi connectivity index (χ1) is 12.3. The molecule has 2 aliphatic heterocycles. The molecule has 142 valence electrons. The number of thioether (sulfide) groups is 1. The molecule has 0 spiro atoms. The molecule has 2 heterocycles. The number of hydrogen-bond donors (Lipinski definition) is 3. The van der Waals surface area contributed by atoms with Crippen LogP contribution in [0.2, 0.25) is 0 Å². The van der Waals surface area contributed by atoms with E-state index in [1.54, 1.807) is 0 Å². The van der Waals surface area contributed by atoms with E-state index in [1.807, 2.05) is 11.8 Å². The van der Waals surface area contributed by atoms with E-state index in [0.717, 1.165) is 45.7 Å². The van der Waals surface area contributed by atoms with Gasteiger partial charge in [0.05, 0.1) is 5.69 Å². The van der Waals surface area contributed by atoms with E-state index in [-0.39, 0.29) is 0 Å². The van der Waals surface area contributed by atoms with E-state index in [4.69, 9.17) is 5.21 Å². The molecule has 6 heteroatoms. The van der Waals surface area contributed by atoms with Crippen LogP contribution >= 0.6 is 11.8 Å². The number of nitrogens with zero attached hydrogens (tertiary/aromatic N) is 2. The molecule has 0 aliphatic carbocycles. The standard InChI is InChI=1S/C11H16N2S.C8H18N2O/c1-14-11-5-3-2-4-10(11)13-8-6-12-7-9-13;11-9-5-4-8-10-6-2-1-3-7-10/h2-5,12H,6-9H2,1H3;9,11H,1-8H2. The summed E-state index contributed by atoms with van der Waals surface area (Å²) in [5.41, 5.74) is 3.57. The molecular weight excluding hydrogens is 332 g/mol. The van der Waals surface area contributed by atoms with Crippen molar-refractivity contribution in [2.75, 3.05) is 63.5 Å². The Balaban J connectivity index is 0.000000186. The van der Waals surface area contributed by atoms with Gasteiger partial charge in [-0.05, 0) is 57.3 Å². The molecule has 0 saturated carbocycles. The minimum absolute atomic E-state index is 0.719. The van der Waals surface area contributed by atoms with Gasteiger partial charge in [-0.1, -0.05) is 18.6 Å². The summed E-state index contributed by atoms with van der Waals surface area (Å²) in [6.07, 6.45) is 7.30. The molecular formula is C19H34N4OS. The lowest BCUT2D eigenvalue weighted by molar-refractivity contribution is 0.154. The lowest BCUT2D eigenvalue weighted by Gasteiger charge is -2.30. The summed E-state index contributed by atoms with van der Waals surface area (Å²) in [6.45, 7) is 8.81. The van der Waals surface area contributed by atoms with Gasteiger partial charge in [0.1, 0.15) is 0 Å². The van der Waals surface area contributed by atoms with Crippen LogP contribution in [-0.4, -0.2) is 68.7 Å². The number of nitrogens with one attached hydrogen (secondary N) is 2. The van der Waals surface area contributed by atoms with Crippen molar-refractivity contribution in [1.82, 2.24) is 15.7 Å². The van der Waals surface area contributed by atoms with Gasteiger partial charge in [0.25, 0.3) is 0 Å². The van der Waals surface area contributed by atoms with Gasteiger partial charge in [-0.2, -0.15) is 0 Å². The van der Waals surface area contributed by atoms with Crippen LogP contribution in [0.3, 0.4) is 0 Å². The molecule has 0 bridgehead atoms. The second kappa shape index (κ2) is 12.5. The zero-order chi connectivity index (χ0) is 17.7. The Morgan fingerprint density at radius 3 is 2.48 bits per heavy atom. The third kappa shape index (κ3) is 7.54. The van der Waals surface area contributed by atoms with E-state index in [2.05, 4.69) is 51.1 Å². The van der Waals surface area contributed by atoms with Crippen molar-refractivity contribution in [2.45, 2.75) is 30.6 Å². The fourth-order valence-corrected chi connectivity index (χ4v) is 3.98. The van der Waals surface area contributed by atoms with Crippen molar-refractivity contribution in [3.8, 4) is 0 Å². The number of piperazine rings is 1. The van der Waals surface area contributed by atoms with Crippen molar-refractivity contribution in [1.29, 1.82) is 0 Å². The first-order valence-corrected chi connectivity index (χ1v) is 10.8. The molecule has 0 radical (unpaired) electrons. The number of para-hydroxylation sites is 1. The van der Waals surface area contributed by atoms with E-state index in [1.165, 1.54) is 42.9 Å². The van der Waals surface area contributed by atoms with E-state index in [0.29, 0.717) is 0 Å². The molecule has 5 nitrogen and oxygen atoms in total. The Bertz CT molecular complexity index is 462. The van der Waals surface area contributed by atoms with Gasteiger partial charge in [0, 0.05) is 37.6 Å². The summed E-state index contributed by atoms with van der Waals surface area (Å²) in [7, 11) is 0. The van der Waals surface area contributed by atoms with Crippen LogP contribution in [0.5, 0.6) is 0 Å². The molecule has 1 aromatic rings. The van der Waals surface area contributed by atoms with E-state index >= 15 is 0 Å². The predicted octanol–water partition coefficient (Wildman–Crippen LogP) is 2.66. The molecule has 0 aromatic heterocycles. The second-order valence-corrected chi connectivity index (χ2v) is 7.42. The number of benzene rings is 1. The minimum atomic E-state index is 0.719. The Morgan fingerprint density at radius 2 is 1.80 bits per heavy atom. The molecule has 3 N–H and O–H groups in total. The summed E-state index contributed by atoms with van der Waals surface area (Å²) in [5, 5.41) is 11.7. The van der Waals surface area contributed by atoms with Gasteiger partial charge in [0.15, 0.2) is 0 Å². The Kier molecular flexibility index (Phi) is 10.3. The first-order valence-electron chi connectivity index (χ1n) is 9.53. The van der Waals surface area contributed by atoms with Crippen LogP contribution in [0.1, 0.15) is 25.7 Å². The molecule has 0 atom stereocenters. The lowest BCUT2D eigenvalue weighted by Crippen LogP contribution is -2.43. The fourth-order valence-electron chi connectivity index (χ4n) is 3.36. The molecule has 0 unspecified atom stereocenters. The summed E-state index contributed by atoms with van der Waals surface area (Å²) < 4.78 is 0. The number of hydrogen-bond acceptors (Lipinski definition) is 6. The Morgan fingerprint density at radius 1 is 1.08 bits per heavy atom. The highest BCUT2D eigenvalue weighted by atomic mass is 32.2. The average molecular weight is 367 g/mol. The molecule has 25 heavy (non-hydrogen) atoms. The zero-order valence-electron chi connectivity index (χ0n) is 15.5. The van der Waals surface area contributed by atoms with E-state index < -0.39 is 0 Å². The molecule has 3 rings (SSSR count). The monoisotopic (exact) mass is 366 g/mol. The van der Waals surface area contributed by atoms with Gasteiger partial charge in [-0.15, -0.1) is 11.8 Å². The van der Waals surface area contributed by atoms with Gasteiger partial charge < -0.3 is 20.3 Å². The van der Waals surface area contributed by atoms with E-state index in [9.17, 15) is 0 Å². The van der Waals surface area contributed by atoms with Gasteiger partial charge in [-0.3, -0.25) is 0 Å². The average Bonchev–Trinajstić information content (AvgIpc) is 2.70. The highest BCUT2D eigenvalue weighted by Gasteiger charge is 2.12. The second-order valence-electron chi connectivity index (χ2n) is 6.57. The predicted molar refractivity (Wildman–Crippen MR) is 108 cm³/mol. The smallest absolute Gasteiger partial charge is 0.0505 e. The molecule has 2 aliphatic rings. The van der Waals surface area contributed by atoms with Gasteiger partial charge >= 0.3 is 0 Å². The summed E-state index contributed by atoms with van der Waals surface area (Å²) in [6, 6.07) is 8.65. The highest BCUT2D eigenvalue weighted by Crippen LogP contribution is 2.28. The summed E-state index contributed by atoms with van der Waals surface area (Å²) >= 11 is 1.83. The van der Waals surface area contributed by atoms with Crippen molar-refractivity contribution < 1.29 is 5.21 Å². The zero-order valence-corrected chi connectivity index (χ0v) is 16.4. The van der Waals surface area contributed by atoms with Crippen LogP contribution < -0.4 is 15.7 Å². The SMILES string of the molecule is CSc1ccccc1N1CCNCC1.ONCCCN1CCCCC1. The third-order valence-corrected chi connectivity index (χ3v) is 5.54.